The van der Waals surface area contributed by atoms with Crippen molar-refractivity contribution in [3.8, 4) is 0 Å². The summed E-state index contributed by atoms with van der Waals surface area (Å²) in [6, 6.07) is 2.59. The average Bonchev–Trinajstić information content (AvgIpc) is 2.91. The van der Waals surface area contributed by atoms with E-state index in [0.717, 1.165) is 42.4 Å². The number of fused-ring (bicyclic) bond motifs is 2. The van der Waals surface area contributed by atoms with E-state index in [2.05, 4.69) is 27.4 Å². The van der Waals surface area contributed by atoms with E-state index in [4.69, 9.17) is 15.1 Å². The summed E-state index contributed by atoms with van der Waals surface area (Å²) in [5.74, 6) is 2.54. The molecular weight excluding hydrogens is 318 g/mol. The lowest BCUT2D eigenvalue weighted by Crippen LogP contribution is -2.46. The van der Waals surface area contributed by atoms with Crippen molar-refractivity contribution in [1.29, 1.82) is 0 Å². The Morgan fingerprint density at radius 1 is 1.32 bits per heavy atom. The second kappa shape index (κ2) is 5.09. The van der Waals surface area contributed by atoms with E-state index in [1.807, 2.05) is 13.2 Å². The highest BCUT2D eigenvalue weighted by molar-refractivity contribution is 5.89. The fraction of sp³-hybridized carbons (Fsp3) is 0.611. The molecule has 2 aromatic rings. The first-order valence-electron chi connectivity index (χ1n) is 9.09. The van der Waals surface area contributed by atoms with E-state index in [1.54, 1.807) is 0 Å². The van der Waals surface area contributed by atoms with E-state index < -0.39 is 5.97 Å². The third-order valence-corrected chi connectivity index (χ3v) is 6.35. The van der Waals surface area contributed by atoms with Crippen LogP contribution in [0.1, 0.15) is 19.8 Å². The van der Waals surface area contributed by atoms with Crippen molar-refractivity contribution in [2.75, 3.05) is 29.4 Å². The van der Waals surface area contributed by atoms with Gasteiger partial charge >= 0.3 is 5.97 Å². The topological polar surface area (TPSA) is 74.5 Å². The van der Waals surface area contributed by atoms with Gasteiger partial charge in [-0.25, -0.2) is 0 Å². The SMILES string of the molecule is C[C@H]1CCN1c1nc(N2C[C@@H]3[C@@H](CC(=O)O)[C@@H]3C2)c2ccn(C)c2n1. The number of carboxylic acid groups (broad SMARTS) is 1. The van der Waals surface area contributed by atoms with Gasteiger partial charge in [0.15, 0.2) is 0 Å². The van der Waals surface area contributed by atoms with Crippen LogP contribution < -0.4 is 9.80 Å². The van der Waals surface area contributed by atoms with E-state index in [0.29, 0.717) is 30.2 Å². The summed E-state index contributed by atoms with van der Waals surface area (Å²) in [5.41, 5.74) is 0.974. The highest BCUT2D eigenvalue weighted by Crippen LogP contribution is 2.54. The molecule has 3 aliphatic rings. The van der Waals surface area contributed by atoms with Crippen LogP contribution >= 0.6 is 0 Å². The second-order valence-electron chi connectivity index (χ2n) is 7.84. The van der Waals surface area contributed by atoms with Crippen LogP contribution in [0.4, 0.5) is 11.8 Å². The average molecular weight is 341 g/mol. The van der Waals surface area contributed by atoms with Gasteiger partial charge in [-0.2, -0.15) is 9.97 Å². The van der Waals surface area contributed by atoms with Gasteiger partial charge in [0.05, 0.1) is 5.39 Å². The van der Waals surface area contributed by atoms with Gasteiger partial charge in [0, 0.05) is 45.3 Å². The molecule has 0 bridgehead atoms. The largest absolute Gasteiger partial charge is 0.481 e. The molecule has 7 heteroatoms. The summed E-state index contributed by atoms with van der Waals surface area (Å²) in [4.78, 5) is 25.3. The molecule has 0 aromatic carbocycles. The fourth-order valence-electron chi connectivity index (χ4n) is 4.62. The Balaban J connectivity index is 1.46. The minimum absolute atomic E-state index is 0.310. The Hall–Kier alpha value is -2.31. The highest BCUT2D eigenvalue weighted by atomic mass is 16.4. The standard InChI is InChI=1S/C18H23N5O2/c1-10-3-6-23(10)18-19-16-11(4-5-21(16)2)17(20-18)22-8-13-12(7-15(24)25)14(13)9-22/h4-5,10,12-14H,3,6-9H2,1-2H3,(H,24,25)/t10-,12-,13-,14+/m0/s1. The molecule has 5 rings (SSSR count). The molecule has 0 radical (unpaired) electrons. The number of anilines is 2. The molecule has 2 saturated heterocycles. The van der Waals surface area contributed by atoms with Crippen LogP contribution in [0.5, 0.6) is 0 Å². The number of rotatable bonds is 4. The van der Waals surface area contributed by atoms with E-state index in [-0.39, 0.29) is 0 Å². The first-order chi connectivity index (χ1) is 12.0. The Bertz CT molecular complexity index is 851. The molecule has 1 N–H and O–H groups in total. The summed E-state index contributed by atoms with van der Waals surface area (Å²) in [7, 11) is 2.02. The lowest BCUT2D eigenvalue weighted by atomic mass is 10.1. The van der Waals surface area contributed by atoms with Crippen molar-refractivity contribution in [3.05, 3.63) is 12.3 Å². The van der Waals surface area contributed by atoms with Crippen molar-refractivity contribution in [2.45, 2.75) is 25.8 Å². The molecule has 0 amide bonds. The minimum Gasteiger partial charge on any atom is -0.481 e. The zero-order valence-corrected chi connectivity index (χ0v) is 14.6. The molecule has 1 saturated carbocycles. The van der Waals surface area contributed by atoms with Crippen molar-refractivity contribution < 1.29 is 9.90 Å². The molecule has 7 nitrogen and oxygen atoms in total. The third-order valence-electron chi connectivity index (χ3n) is 6.35. The smallest absolute Gasteiger partial charge is 0.303 e. The van der Waals surface area contributed by atoms with Gasteiger partial charge < -0.3 is 19.5 Å². The van der Waals surface area contributed by atoms with Crippen LogP contribution in [-0.2, 0) is 11.8 Å². The van der Waals surface area contributed by atoms with E-state index in [9.17, 15) is 4.79 Å². The summed E-state index contributed by atoms with van der Waals surface area (Å²) < 4.78 is 2.05. The molecule has 0 spiro atoms. The molecule has 1 aliphatic carbocycles. The van der Waals surface area contributed by atoms with Gasteiger partial charge in [-0.1, -0.05) is 0 Å². The predicted octanol–water partition coefficient (Wildman–Crippen LogP) is 1.72. The summed E-state index contributed by atoms with van der Waals surface area (Å²) in [5, 5.41) is 10.1. The summed E-state index contributed by atoms with van der Waals surface area (Å²) >= 11 is 0. The van der Waals surface area contributed by atoms with Crippen LogP contribution in [0.2, 0.25) is 0 Å². The number of aryl methyl sites for hydroxylation is 1. The number of aliphatic carboxylic acids is 1. The molecule has 25 heavy (non-hydrogen) atoms. The summed E-state index contributed by atoms with van der Waals surface area (Å²) in [6.45, 7) is 5.06. The molecule has 4 heterocycles. The Kier molecular flexibility index (Phi) is 3.05. The normalized spacial score (nSPS) is 30.5. The molecule has 4 atom stereocenters. The number of carbonyl (C=O) groups is 1. The molecule has 132 valence electrons. The van der Waals surface area contributed by atoms with Gasteiger partial charge in [0.1, 0.15) is 11.5 Å². The number of carboxylic acids is 1. The molecular formula is C18H23N5O2. The van der Waals surface area contributed by atoms with Gasteiger partial charge in [0.25, 0.3) is 0 Å². The van der Waals surface area contributed by atoms with Gasteiger partial charge in [0.2, 0.25) is 5.95 Å². The zero-order chi connectivity index (χ0) is 17.3. The Morgan fingerprint density at radius 3 is 2.68 bits per heavy atom. The second-order valence-corrected chi connectivity index (χ2v) is 7.84. The quantitative estimate of drug-likeness (QED) is 0.913. The predicted molar refractivity (Wildman–Crippen MR) is 94.9 cm³/mol. The van der Waals surface area contributed by atoms with Crippen LogP contribution in [0.3, 0.4) is 0 Å². The van der Waals surface area contributed by atoms with Gasteiger partial charge in [-0.15, -0.1) is 0 Å². The fourth-order valence-corrected chi connectivity index (χ4v) is 4.62. The maximum Gasteiger partial charge on any atom is 0.303 e. The van der Waals surface area contributed by atoms with Crippen LogP contribution in [0, 0.1) is 17.8 Å². The van der Waals surface area contributed by atoms with Crippen LogP contribution in [0.25, 0.3) is 11.0 Å². The molecule has 3 fully saturated rings. The van der Waals surface area contributed by atoms with Gasteiger partial charge in [-0.3, -0.25) is 4.79 Å². The maximum absolute atomic E-state index is 11.0. The lowest BCUT2D eigenvalue weighted by molar-refractivity contribution is -0.137. The lowest BCUT2D eigenvalue weighted by Gasteiger charge is -2.39. The number of aromatic nitrogens is 3. The van der Waals surface area contributed by atoms with Crippen LogP contribution in [-0.4, -0.2) is 51.3 Å². The maximum atomic E-state index is 11.0. The first-order valence-corrected chi connectivity index (χ1v) is 9.09. The third kappa shape index (κ3) is 2.21. The molecule has 0 unspecified atom stereocenters. The number of hydrogen-bond acceptors (Lipinski definition) is 5. The van der Waals surface area contributed by atoms with Crippen molar-refractivity contribution in [2.24, 2.45) is 24.8 Å². The van der Waals surface area contributed by atoms with Gasteiger partial charge in [-0.05, 0) is 37.2 Å². The van der Waals surface area contributed by atoms with Crippen LogP contribution in [0.15, 0.2) is 12.3 Å². The first kappa shape index (κ1) is 15.0. The molecule has 2 aromatic heterocycles. The number of piperidine rings is 1. The number of nitrogens with zero attached hydrogens (tertiary/aromatic N) is 5. The van der Waals surface area contributed by atoms with Crippen molar-refractivity contribution in [1.82, 2.24) is 14.5 Å². The van der Waals surface area contributed by atoms with E-state index >= 15 is 0 Å². The van der Waals surface area contributed by atoms with Crippen molar-refractivity contribution >= 4 is 28.8 Å². The Morgan fingerprint density at radius 2 is 2.08 bits per heavy atom. The number of hydrogen-bond donors (Lipinski definition) is 1. The van der Waals surface area contributed by atoms with E-state index in [1.165, 1.54) is 6.42 Å². The van der Waals surface area contributed by atoms with Crippen molar-refractivity contribution in [3.63, 3.8) is 0 Å². The Labute approximate surface area is 146 Å². The minimum atomic E-state index is -0.674. The summed E-state index contributed by atoms with van der Waals surface area (Å²) in [6.07, 6.45) is 3.54. The zero-order valence-electron chi connectivity index (χ0n) is 14.6. The molecule has 2 aliphatic heterocycles. The monoisotopic (exact) mass is 341 g/mol. The highest BCUT2D eigenvalue weighted by Gasteiger charge is 2.56.